The fraction of sp³-hybridized carbons (Fsp3) is 0.353. The third-order valence-electron chi connectivity index (χ3n) is 4.20. The van der Waals surface area contributed by atoms with Crippen molar-refractivity contribution >= 4 is 29.3 Å². The summed E-state index contributed by atoms with van der Waals surface area (Å²) in [6, 6.07) is 6.68. The fourth-order valence-corrected chi connectivity index (χ4v) is 3.10. The third-order valence-corrected chi connectivity index (χ3v) is 4.46. The molecule has 25 heavy (non-hydrogen) atoms. The molecule has 8 heteroatoms. The molecule has 3 rings (SSSR count). The lowest BCUT2D eigenvalue weighted by atomic mass is 10.1. The Hall–Kier alpha value is -2.54. The Balaban J connectivity index is 1.89. The number of amides is 1. The minimum Gasteiger partial charge on any atom is -0.477 e. The Labute approximate surface area is 149 Å². The molecule has 1 saturated heterocycles. The van der Waals surface area contributed by atoms with Crippen LogP contribution in [0.2, 0.25) is 5.02 Å². The number of hydrogen-bond donors (Lipinski definition) is 2. The Bertz CT molecular complexity index is 788. The van der Waals surface area contributed by atoms with Crippen LogP contribution in [0.25, 0.3) is 11.3 Å². The second kappa shape index (κ2) is 7.14. The molecule has 0 aliphatic carbocycles. The zero-order chi connectivity index (χ0) is 18.0. The SMILES string of the molecule is CCNC(=O)C1CCN(c2noc(-c3ccc(Cl)cc3)c2C(=O)O)C1. The number of rotatable bonds is 5. The summed E-state index contributed by atoms with van der Waals surface area (Å²) in [4.78, 5) is 25.6. The first-order chi connectivity index (χ1) is 12.0. The van der Waals surface area contributed by atoms with Gasteiger partial charge in [-0.15, -0.1) is 0 Å². The second-order valence-corrected chi connectivity index (χ2v) is 6.28. The van der Waals surface area contributed by atoms with Crippen molar-refractivity contribution in [3.8, 4) is 11.3 Å². The zero-order valence-electron chi connectivity index (χ0n) is 13.7. The highest BCUT2D eigenvalue weighted by Crippen LogP contribution is 2.34. The predicted octanol–water partition coefficient (Wildman–Crippen LogP) is 2.66. The van der Waals surface area contributed by atoms with Crippen molar-refractivity contribution in [2.24, 2.45) is 5.92 Å². The van der Waals surface area contributed by atoms with E-state index in [1.54, 1.807) is 29.2 Å². The molecule has 0 bridgehead atoms. The summed E-state index contributed by atoms with van der Waals surface area (Å²) >= 11 is 5.87. The van der Waals surface area contributed by atoms with Crippen molar-refractivity contribution in [2.75, 3.05) is 24.5 Å². The lowest BCUT2D eigenvalue weighted by Gasteiger charge is -2.15. The number of benzene rings is 1. The predicted molar refractivity (Wildman–Crippen MR) is 92.9 cm³/mol. The van der Waals surface area contributed by atoms with Crippen LogP contribution < -0.4 is 10.2 Å². The van der Waals surface area contributed by atoms with Crippen molar-refractivity contribution in [3.05, 3.63) is 34.9 Å². The van der Waals surface area contributed by atoms with Crippen molar-refractivity contribution < 1.29 is 19.2 Å². The van der Waals surface area contributed by atoms with Crippen molar-refractivity contribution in [1.82, 2.24) is 10.5 Å². The number of carbonyl (C=O) groups excluding carboxylic acids is 1. The van der Waals surface area contributed by atoms with E-state index in [1.807, 2.05) is 6.92 Å². The fourth-order valence-electron chi connectivity index (χ4n) is 2.97. The van der Waals surface area contributed by atoms with Gasteiger partial charge in [-0.1, -0.05) is 16.8 Å². The molecule has 2 aromatic rings. The number of nitrogens with zero attached hydrogens (tertiary/aromatic N) is 2. The van der Waals surface area contributed by atoms with Crippen LogP contribution in [0.4, 0.5) is 5.82 Å². The Morgan fingerprint density at radius 3 is 2.76 bits per heavy atom. The number of carboxylic acids is 1. The number of aromatic carboxylic acids is 1. The van der Waals surface area contributed by atoms with Gasteiger partial charge in [-0.2, -0.15) is 0 Å². The maximum Gasteiger partial charge on any atom is 0.343 e. The topological polar surface area (TPSA) is 95.7 Å². The van der Waals surface area contributed by atoms with Crippen LogP contribution in [-0.2, 0) is 4.79 Å². The van der Waals surface area contributed by atoms with Gasteiger partial charge in [-0.3, -0.25) is 4.79 Å². The summed E-state index contributed by atoms with van der Waals surface area (Å²) in [5, 5.41) is 16.9. The van der Waals surface area contributed by atoms with E-state index in [0.717, 1.165) is 0 Å². The van der Waals surface area contributed by atoms with Gasteiger partial charge >= 0.3 is 5.97 Å². The third kappa shape index (κ3) is 3.46. The average Bonchev–Trinajstić information content (AvgIpc) is 3.22. The van der Waals surface area contributed by atoms with Gasteiger partial charge in [-0.05, 0) is 37.6 Å². The summed E-state index contributed by atoms with van der Waals surface area (Å²) in [6.07, 6.45) is 0.647. The molecule has 2 N–H and O–H groups in total. The monoisotopic (exact) mass is 363 g/mol. The maximum atomic E-state index is 12.0. The number of carboxylic acid groups (broad SMARTS) is 1. The molecule has 0 saturated carbocycles. The van der Waals surface area contributed by atoms with Crippen LogP contribution in [-0.4, -0.2) is 41.8 Å². The van der Waals surface area contributed by atoms with E-state index in [9.17, 15) is 14.7 Å². The van der Waals surface area contributed by atoms with Crippen molar-refractivity contribution in [2.45, 2.75) is 13.3 Å². The average molecular weight is 364 g/mol. The van der Waals surface area contributed by atoms with Crippen LogP contribution in [0.3, 0.4) is 0 Å². The van der Waals surface area contributed by atoms with E-state index >= 15 is 0 Å². The molecule has 7 nitrogen and oxygen atoms in total. The number of hydrogen-bond acceptors (Lipinski definition) is 5. The molecule has 2 heterocycles. The minimum absolute atomic E-state index is 0.00104. The van der Waals surface area contributed by atoms with Gasteiger partial charge in [0.15, 0.2) is 17.1 Å². The summed E-state index contributed by atoms with van der Waals surface area (Å²) < 4.78 is 5.32. The van der Waals surface area contributed by atoms with Crippen LogP contribution in [0, 0.1) is 5.92 Å². The van der Waals surface area contributed by atoms with Gasteiger partial charge in [0.05, 0.1) is 5.92 Å². The molecule has 1 unspecified atom stereocenters. The van der Waals surface area contributed by atoms with Crippen LogP contribution >= 0.6 is 11.6 Å². The summed E-state index contributed by atoms with van der Waals surface area (Å²) in [5.74, 6) is -0.895. The molecule has 1 aliphatic rings. The van der Waals surface area contributed by atoms with Gasteiger partial charge < -0.3 is 19.8 Å². The first-order valence-electron chi connectivity index (χ1n) is 8.02. The van der Waals surface area contributed by atoms with E-state index in [1.165, 1.54) is 0 Å². The van der Waals surface area contributed by atoms with Gasteiger partial charge in [-0.25, -0.2) is 4.79 Å². The smallest absolute Gasteiger partial charge is 0.343 e. The molecular formula is C17H18ClN3O4. The van der Waals surface area contributed by atoms with Crippen LogP contribution in [0.5, 0.6) is 0 Å². The molecule has 1 aromatic carbocycles. The molecule has 0 radical (unpaired) electrons. The molecule has 1 aliphatic heterocycles. The molecule has 1 fully saturated rings. The van der Waals surface area contributed by atoms with Crippen molar-refractivity contribution in [1.29, 1.82) is 0 Å². The molecule has 1 atom stereocenters. The number of nitrogens with one attached hydrogen (secondary N) is 1. The lowest BCUT2D eigenvalue weighted by molar-refractivity contribution is -0.124. The second-order valence-electron chi connectivity index (χ2n) is 5.85. The zero-order valence-corrected chi connectivity index (χ0v) is 14.4. The van der Waals surface area contributed by atoms with E-state index in [0.29, 0.717) is 36.6 Å². The van der Waals surface area contributed by atoms with E-state index in [-0.39, 0.29) is 29.0 Å². The maximum absolute atomic E-state index is 12.0. The van der Waals surface area contributed by atoms with Gasteiger partial charge in [0.2, 0.25) is 5.91 Å². The molecule has 1 aromatic heterocycles. The lowest BCUT2D eigenvalue weighted by Crippen LogP contribution is -2.32. The number of halogens is 1. The van der Waals surface area contributed by atoms with Gasteiger partial charge in [0.1, 0.15) is 0 Å². The highest BCUT2D eigenvalue weighted by molar-refractivity contribution is 6.30. The van der Waals surface area contributed by atoms with Gasteiger partial charge in [0.25, 0.3) is 0 Å². The van der Waals surface area contributed by atoms with E-state index < -0.39 is 5.97 Å². The molecule has 0 spiro atoms. The standard InChI is InChI=1S/C17H18ClN3O4/c1-2-19-16(22)11-7-8-21(9-11)15-13(17(23)24)14(25-20-15)10-3-5-12(18)6-4-10/h3-6,11H,2,7-9H2,1H3,(H,19,22)(H,23,24). The summed E-state index contributed by atoms with van der Waals surface area (Å²) in [5.41, 5.74) is 0.582. The number of aromatic nitrogens is 1. The number of carbonyl (C=O) groups is 2. The normalized spacial score (nSPS) is 16.9. The van der Waals surface area contributed by atoms with E-state index in [2.05, 4.69) is 10.5 Å². The largest absolute Gasteiger partial charge is 0.477 e. The Morgan fingerprint density at radius 1 is 1.40 bits per heavy atom. The quantitative estimate of drug-likeness (QED) is 0.847. The molecule has 1 amide bonds. The minimum atomic E-state index is -1.12. The van der Waals surface area contributed by atoms with E-state index in [4.69, 9.17) is 16.1 Å². The number of anilines is 1. The highest BCUT2D eigenvalue weighted by atomic mass is 35.5. The Morgan fingerprint density at radius 2 is 2.12 bits per heavy atom. The van der Waals surface area contributed by atoms with Crippen molar-refractivity contribution in [3.63, 3.8) is 0 Å². The van der Waals surface area contributed by atoms with Crippen LogP contribution in [0.15, 0.2) is 28.8 Å². The first-order valence-corrected chi connectivity index (χ1v) is 8.40. The molecular weight excluding hydrogens is 346 g/mol. The summed E-state index contributed by atoms with van der Waals surface area (Å²) in [7, 11) is 0. The Kier molecular flexibility index (Phi) is 4.94. The first kappa shape index (κ1) is 17.3. The summed E-state index contributed by atoms with van der Waals surface area (Å²) in [6.45, 7) is 3.40. The van der Waals surface area contributed by atoms with Gasteiger partial charge in [0, 0.05) is 30.2 Å². The van der Waals surface area contributed by atoms with Crippen LogP contribution in [0.1, 0.15) is 23.7 Å². The molecule has 132 valence electrons. The highest BCUT2D eigenvalue weighted by Gasteiger charge is 2.34.